The molecule has 0 saturated heterocycles. The highest BCUT2D eigenvalue weighted by molar-refractivity contribution is 7.14. The Morgan fingerprint density at radius 3 is 2.79 bits per heavy atom. The molecule has 0 bridgehead atoms. The van der Waals surface area contributed by atoms with Gasteiger partial charge in [-0.2, -0.15) is 0 Å². The van der Waals surface area contributed by atoms with E-state index in [9.17, 15) is 4.79 Å². The van der Waals surface area contributed by atoms with E-state index >= 15 is 0 Å². The number of aryl methyl sites for hydroxylation is 2. The fourth-order valence-corrected chi connectivity index (χ4v) is 3.37. The molecule has 0 aliphatic rings. The first kappa shape index (κ1) is 16.7. The second-order valence-electron chi connectivity index (χ2n) is 5.67. The van der Waals surface area contributed by atoms with Crippen molar-refractivity contribution in [3.63, 3.8) is 0 Å². The van der Waals surface area contributed by atoms with Crippen molar-refractivity contribution in [3.8, 4) is 11.3 Å². The van der Waals surface area contributed by atoms with Gasteiger partial charge in [-0.15, -0.1) is 11.3 Å². The number of rotatable bonds is 4. The van der Waals surface area contributed by atoms with Crippen molar-refractivity contribution < 1.29 is 4.79 Å². The lowest BCUT2D eigenvalue weighted by molar-refractivity contribution is -0.115. The predicted octanol–water partition coefficient (Wildman–Crippen LogP) is 5.26. The van der Waals surface area contributed by atoms with E-state index in [0.717, 1.165) is 16.8 Å². The third-order valence-corrected chi connectivity index (χ3v) is 4.85. The van der Waals surface area contributed by atoms with Gasteiger partial charge >= 0.3 is 0 Å². The van der Waals surface area contributed by atoms with E-state index in [1.165, 1.54) is 22.5 Å². The highest BCUT2D eigenvalue weighted by Crippen LogP contribution is 2.28. The van der Waals surface area contributed by atoms with E-state index in [-0.39, 0.29) is 12.3 Å². The van der Waals surface area contributed by atoms with Gasteiger partial charge in [0.25, 0.3) is 0 Å². The van der Waals surface area contributed by atoms with E-state index in [1.807, 2.05) is 23.6 Å². The summed E-state index contributed by atoms with van der Waals surface area (Å²) >= 11 is 7.52. The largest absolute Gasteiger partial charge is 0.302 e. The predicted molar refractivity (Wildman–Crippen MR) is 101 cm³/mol. The maximum Gasteiger partial charge on any atom is 0.230 e. The van der Waals surface area contributed by atoms with E-state index in [2.05, 4.69) is 42.3 Å². The fourth-order valence-electron chi connectivity index (χ4n) is 2.44. The molecule has 0 aliphatic heterocycles. The lowest BCUT2D eigenvalue weighted by Gasteiger charge is -2.05. The lowest BCUT2D eigenvalue weighted by atomic mass is 10.0. The quantitative estimate of drug-likeness (QED) is 0.692. The summed E-state index contributed by atoms with van der Waals surface area (Å²) in [5.74, 6) is -0.120. The smallest absolute Gasteiger partial charge is 0.230 e. The van der Waals surface area contributed by atoms with Crippen LogP contribution in [0.2, 0.25) is 5.02 Å². The van der Waals surface area contributed by atoms with Crippen LogP contribution in [0.1, 0.15) is 16.7 Å². The summed E-state index contributed by atoms with van der Waals surface area (Å²) in [6.07, 6.45) is 0.234. The van der Waals surface area contributed by atoms with Crippen molar-refractivity contribution in [1.29, 1.82) is 0 Å². The summed E-state index contributed by atoms with van der Waals surface area (Å²) in [6.45, 7) is 4.12. The van der Waals surface area contributed by atoms with E-state index < -0.39 is 0 Å². The average molecular weight is 357 g/mol. The van der Waals surface area contributed by atoms with Gasteiger partial charge in [-0.1, -0.05) is 47.5 Å². The third kappa shape index (κ3) is 3.83. The topological polar surface area (TPSA) is 42.0 Å². The van der Waals surface area contributed by atoms with Gasteiger partial charge in [-0.05, 0) is 37.1 Å². The average Bonchev–Trinajstić information content (AvgIpc) is 3.00. The molecule has 0 atom stereocenters. The first-order valence-corrected chi connectivity index (χ1v) is 8.85. The number of nitrogens with one attached hydrogen (secondary N) is 1. The minimum Gasteiger partial charge on any atom is -0.302 e. The Labute approximate surface area is 150 Å². The van der Waals surface area contributed by atoms with Crippen molar-refractivity contribution in [1.82, 2.24) is 4.98 Å². The zero-order chi connectivity index (χ0) is 17.1. The van der Waals surface area contributed by atoms with Gasteiger partial charge in [0.15, 0.2) is 5.13 Å². The van der Waals surface area contributed by atoms with Crippen LogP contribution in [0, 0.1) is 13.8 Å². The number of anilines is 1. The van der Waals surface area contributed by atoms with Crippen LogP contribution in [-0.4, -0.2) is 10.9 Å². The third-order valence-electron chi connectivity index (χ3n) is 3.73. The molecule has 1 amide bonds. The van der Waals surface area contributed by atoms with Gasteiger partial charge < -0.3 is 5.32 Å². The van der Waals surface area contributed by atoms with E-state index in [1.54, 1.807) is 6.07 Å². The zero-order valence-corrected chi connectivity index (χ0v) is 15.0. The second-order valence-corrected chi connectivity index (χ2v) is 6.94. The van der Waals surface area contributed by atoms with Gasteiger partial charge in [0.1, 0.15) is 0 Å². The molecule has 1 aromatic heterocycles. The summed E-state index contributed by atoms with van der Waals surface area (Å²) in [4.78, 5) is 16.7. The molecule has 1 heterocycles. The van der Waals surface area contributed by atoms with Crippen LogP contribution in [0.5, 0.6) is 0 Å². The molecule has 0 unspecified atom stereocenters. The minimum absolute atomic E-state index is 0.120. The SMILES string of the molecule is Cc1ccc(C)c(-c2csc(NC(=O)Cc3ccccc3Cl)n2)c1. The Hall–Kier alpha value is -2.17. The molecule has 3 aromatic rings. The molecule has 2 aromatic carbocycles. The molecular weight excluding hydrogens is 340 g/mol. The van der Waals surface area contributed by atoms with Crippen LogP contribution in [0.4, 0.5) is 5.13 Å². The molecule has 0 fully saturated rings. The van der Waals surface area contributed by atoms with Crippen LogP contribution in [0.25, 0.3) is 11.3 Å². The van der Waals surface area contributed by atoms with Crippen molar-refractivity contribution in [2.75, 3.05) is 5.32 Å². The number of nitrogens with zero attached hydrogens (tertiary/aromatic N) is 1. The van der Waals surface area contributed by atoms with Crippen molar-refractivity contribution in [2.24, 2.45) is 0 Å². The number of aromatic nitrogens is 1. The van der Waals surface area contributed by atoms with Crippen molar-refractivity contribution in [3.05, 3.63) is 69.6 Å². The molecule has 0 radical (unpaired) electrons. The van der Waals surface area contributed by atoms with Crippen LogP contribution >= 0.6 is 22.9 Å². The number of thiazole rings is 1. The number of hydrogen-bond acceptors (Lipinski definition) is 3. The maximum atomic E-state index is 12.2. The highest BCUT2D eigenvalue weighted by atomic mass is 35.5. The van der Waals surface area contributed by atoms with Crippen LogP contribution < -0.4 is 5.32 Å². The number of hydrogen-bond donors (Lipinski definition) is 1. The molecule has 24 heavy (non-hydrogen) atoms. The van der Waals surface area contributed by atoms with Crippen LogP contribution in [-0.2, 0) is 11.2 Å². The number of amides is 1. The number of carbonyl (C=O) groups excluding carboxylic acids is 1. The number of carbonyl (C=O) groups is 1. The number of halogens is 1. The summed E-state index contributed by atoms with van der Waals surface area (Å²) in [5, 5.41) is 6.02. The standard InChI is InChI=1S/C19H17ClN2OS/c1-12-7-8-13(2)15(9-12)17-11-24-19(21-17)22-18(23)10-14-5-3-4-6-16(14)20/h3-9,11H,10H2,1-2H3,(H,21,22,23). The van der Waals surface area contributed by atoms with Gasteiger partial charge in [0.05, 0.1) is 12.1 Å². The molecule has 1 N–H and O–H groups in total. The normalized spacial score (nSPS) is 10.6. The Kier molecular flexibility index (Phi) is 4.97. The van der Waals surface area contributed by atoms with Crippen LogP contribution in [0.3, 0.4) is 0 Å². The summed E-state index contributed by atoms with van der Waals surface area (Å²) < 4.78 is 0. The van der Waals surface area contributed by atoms with E-state index in [4.69, 9.17) is 11.6 Å². The monoisotopic (exact) mass is 356 g/mol. The first-order valence-electron chi connectivity index (χ1n) is 7.59. The maximum absolute atomic E-state index is 12.2. The highest BCUT2D eigenvalue weighted by Gasteiger charge is 2.11. The van der Waals surface area contributed by atoms with Crippen molar-refractivity contribution >= 4 is 34.0 Å². The Balaban J connectivity index is 1.73. The summed E-state index contributed by atoms with van der Waals surface area (Å²) in [7, 11) is 0. The Morgan fingerprint density at radius 1 is 1.21 bits per heavy atom. The molecule has 122 valence electrons. The lowest BCUT2D eigenvalue weighted by Crippen LogP contribution is -2.14. The van der Waals surface area contributed by atoms with Crippen molar-refractivity contribution in [2.45, 2.75) is 20.3 Å². The second kappa shape index (κ2) is 7.16. The van der Waals surface area contributed by atoms with Gasteiger partial charge in [0, 0.05) is 16.0 Å². The minimum atomic E-state index is -0.120. The zero-order valence-electron chi connectivity index (χ0n) is 13.5. The fraction of sp³-hybridized carbons (Fsp3) is 0.158. The van der Waals surface area contributed by atoms with E-state index in [0.29, 0.717) is 10.2 Å². The molecule has 5 heteroatoms. The molecule has 0 spiro atoms. The van der Waals surface area contributed by atoms with Crippen LogP contribution in [0.15, 0.2) is 47.8 Å². The summed E-state index contributed by atoms with van der Waals surface area (Å²) in [6, 6.07) is 13.6. The molecule has 3 nitrogen and oxygen atoms in total. The van der Waals surface area contributed by atoms with Gasteiger partial charge in [-0.25, -0.2) is 4.98 Å². The van der Waals surface area contributed by atoms with Gasteiger partial charge in [-0.3, -0.25) is 4.79 Å². The molecular formula is C19H17ClN2OS. The van der Waals surface area contributed by atoms with Gasteiger partial charge in [0.2, 0.25) is 5.91 Å². The first-order chi connectivity index (χ1) is 11.5. The molecule has 0 aliphatic carbocycles. The number of benzene rings is 2. The Bertz CT molecular complexity index is 889. The molecule has 0 saturated carbocycles. The summed E-state index contributed by atoms with van der Waals surface area (Å²) in [5.41, 5.74) is 5.14. The molecule has 3 rings (SSSR count). The Morgan fingerprint density at radius 2 is 2.00 bits per heavy atom.